The fourth-order valence-corrected chi connectivity index (χ4v) is 4.00. The molecule has 4 rings (SSSR count). The summed E-state index contributed by atoms with van der Waals surface area (Å²) in [6.45, 7) is 4.26. The van der Waals surface area contributed by atoms with Gasteiger partial charge in [-0.15, -0.1) is 0 Å². The van der Waals surface area contributed by atoms with Crippen molar-refractivity contribution in [3.63, 3.8) is 0 Å². The van der Waals surface area contributed by atoms with Gasteiger partial charge in [0, 0.05) is 42.0 Å². The van der Waals surface area contributed by atoms with Gasteiger partial charge in [0.05, 0.1) is 6.54 Å². The maximum Gasteiger partial charge on any atom is 0.131 e. The number of allylic oxidation sites excluding steroid dienone is 2. The van der Waals surface area contributed by atoms with Crippen molar-refractivity contribution in [2.24, 2.45) is 16.6 Å². The molecular weight excluding hydrogens is 363 g/mol. The molecule has 2 aromatic rings. The summed E-state index contributed by atoms with van der Waals surface area (Å²) < 4.78 is 20.2. The van der Waals surface area contributed by atoms with Gasteiger partial charge in [0.15, 0.2) is 0 Å². The van der Waals surface area contributed by atoms with Gasteiger partial charge in [0.1, 0.15) is 5.82 Å². The van der Waals surface area contributed by atoms with E-state index in [1.807, 2.05) is 42.5 Å². The molecule has 0 unspecified atom stereocenters. The molecule has 0 amide bonds. The van der Waals surface area contributed by atoms with Crippen molar-refractivity contribution in [2.75, 3.05) is 19.8 Å². The van der Waals surface area contributed by atoms with E-state index in [1.165, 1.54) is 0 Å². The number of hydrogen-bond acceptors (Lipinski definition) is 3. The van der Waals surface area contributed by atoms with Crippen LogP contribution < -0.4 is 5.73 Å². The quantitative estimate of drug-likeness (QED) is 0.758. The molecule has 1 atom stereocenters. The molecule has 0 aliphatic carbocycles. The summed E-state index contributed by atoms with van der Waals surface area (Å²) in [5, 5.41) is 0. The first-order chi connectivity index (χ1) is 14.1. The van der Waals surface area contributed by atoms with Crippen molar-refractivity contribution in [1.29, 1.82) is 0 Å². The smallest absolute Gasteiger partial charge is 0.131 e. The van der Waals surface area contributed by atoms with Gasteiger partial charge in [-0.05, 0) is 47.8 Å². The van der Waals surface area contributed by atoms with Crippen molar-refractivity contribution in [1.82, 2.24) is 0 Å². The summed E-state index contributed by atoms with van der Waals surface area (Å²) in [7, 11) is 0. The number of rotatable bonds is 5. The zero-order valence-corrected chi connectivity index (χ0v) is 16.8. The van der Waals surface area contributed by atoms with Gasteiger partial charge in [-0.3, -0.25) is 4.99 Å². The highest BCUT2D eigenvalue weighted by atomic mass is 19.1. The first kappa shape index (κ1) is 19.6. The molecule has 2 aliphatic heterocycles. The zero-order valence-electron chi connectivity index (χ0n) is 16.8. The van der Waals surface area contributed by atoms with Crippen LogP contribution >= 0.6 is 0 Å². The van der Waals surface area contributed by atoms with Crippen LogP contribution in [0, 0.1) is 11.7 Å². The van der Waals surface area contributed by atoms with Crippen LogP contribution in [0.2, 0.25) is 0 Å². The van der Waals surface area contributed by atoms with Gasteiger partial charge in [0.2, 0.25) is 0 Å². The van der Waals surface area contributed by atoms with E-state index in [2.05, 4.69) is 24.1 Å². The number of nitrogens with zero attached hydrogens (tertiary/aromatic N) is 1. The summed E-state index contributed by atoms with van der Waals surface area (Å²) in [6, 6.07) is 15.1. The lowest BCUT2D eigenvalue weighted by Gasteiger charge is -2.22. The van der Waals surface area contributed by atoms with E-state index >= 15 is 0 Å². The lowest BCUT2D eigenvalue weighted by atomic mass is 9.92. The third-order valence-electron chi connectivity index (χ3n) is 5.84. The first-order valence-corrected chi connectivity index (χ1v) is 10.3. The fraction of sp³-hybridized carbons (Fsp3) is 0.320. The van der Waals surface area contributed by atoms with Crippen molar-refractivity contribution in [3.8, 4) is 11.1 Å². The third kappa shape index (κ3) is 4.48. The highest BCUT2D eigenvalue weighted by Crippen LogP contribution is 2.29. The Kier molecular flexibility index (Phi) is 5.91. The van der Waals surface area contributed by atoms with Crippen LogP contribution in [0.1, 0.15) is 31.2 Å². The Morgan fingerprint density at radius 2 is 1.93 bits per heavy atom. The third-order valence-corrected chi connectivity index (χ3v) is 5.84. The molecule has 3 nitrogen and oxygen atoms in total. The molecule has 0 spiro atoms. The average molecular weight is 391 g/mol. The van der Waals surface area contributed by atoms with Gasteiger partial charge in [0.25, 0.3) is 0 Å². The number of aliphatic imine (C=N–C) groups is 1. The summed E-state index contributed by atoms with van der Waals surface area (Å²) in [4.78, 5) is 4.68. The van der Waals surface area contributed by atoms with E-state index in [0.717, 1.165) is 54.2 Å². The predicted molar refractivity (Wildman–Crippen MR) is 116 cm³/mol. The van der Waals surface area contributed by atoms with Crippen LogP contribution in [0.3, 0.4) is 0 Å². The number of nitrogens with two attached hydrogens (primary N) is 1. The molecule has 29 heavy (non-hydrogen) atoms. The lowest BCUT2D eigenvalue weighted by Crippen LogP contribution is -2.21. The molecule has 1 saturated heterocycles. The van der Waals surface area contributed by atoms with E-state index in [0.29, 0.717) is 18.0 Å². The number of ether oxygens (including phenoxy) is 1. The fourth-order valence-electron chi connectivity index (χ4n) is 4.00. The Morgan fingerprint density at radius 3 is 2.66 bits per heavy atom. The molecule has 0 aromatic heterocycles. The van der Waals surface area contributed by atoms with Crippen molar-refractivity contribution in [2.45, 2.75) is 25.7 Å². The lowest BCUT2D eigenvalue weighted by molar-refractivity contribution is 0.0754. The Hall–Kier alpha value is -2.72. The van der Waals surface area contributed by atoms with E-state index in [-0.39, 0.29) is 11.7 Å². The van der Waals surface area contributed by atoms with Crippen LogP contribution in [0.15, 0.2) is 76.9 Å². The maximum atomic E-state index is 14.7. The number of benzene rings is 2. The molecule has 2 heterocycles. The largest absolute Gasteiger partial charge is 0.402 e. The van der Waals surface area contributed by atoms with Crippen LogP contribution in [0.25, 0.3) is 11.1 Å². The van der Waals surface area contributed by atoms with Crippen LogP contribution in [-0.4, -0.2) is 25.5 Å². The highest BCUT2D eigenvalue weighted by molar-refractivity contribution is 6.02. The minimum atomic E-state index is -0.202. The van der Waals surface area contributed by atoms with E-state index in [1.54, 1.807) is 6.07 Å². The molecule has 0 radical (unpaired) electrons. The standard InChI is InChI=1S/C25H27FN2O/c1-17(21-7-8-22(23(26)15-21)19-5-3-2-4-6-19)25-14-18(16-28-25)13-24(27)20-9-11-29-12-10-20/h2-8,13-15,17,20H,9-12,16,27H2,1H3/b24-13+/t17-/m0/s1. The summed E-state index contributed by atoms with van der Waals surface area (Å²) in [5.74, 6) is 0.224. The number of hydrogen-bond donors (Lipinski definition) is 1. The SMILES string of the molecule is C[C@H](C1=NCC(/C=C(/N)C2CCOCC2)=C1)c1ccc(-c2ccccc2)c(F)c1. The van der Waals surface area contributed by atoms with Crippen molar-refractivity contribution >= 4 is 5.71 Å². The van der Waals surface area contributed by atoms with Crippen LogP contribution in [0.5, 0.6) is 0 Å². The Bertz CT molecular complexity index is 956. The first-order valence-electron chi connectivity index (χ1n) is 10.3. The second-order valence-corrected chi connectivity index (χ2v) is 7.82. The minimum Gasteiger partial charge on any atom is -0.402 e. The van der Waals surface area contributed by atoms with E-state index in [9.17, 15) is 4.39 Å². The average Bonchev–Trinajstić information content (AvgIpc) is 3.23. The predicted octanol–water partition coefficient (Wildman–Crippen LogP) is 5.25. The van der Waals surface area contributed by atoms with Crippen molar-refractivity contribution < 1.29 is 9.13 Å². The molecule has 2 aliphatic rings. The Labute approximate surface area is 171 Å². The Morgan fingerprint density at radius 1 is 1.17 bits per heavy atom. The maximum absolute atomic E-state index is 14.7. The van der Waals surface area contributed by atoms with Gasteiger partial charge >= 0.3 is 0 Å². The van der Waals surface area contributed by atoms with Crippen LogP contribution in [-0.2, 0) is 4.74 Å². The molecule has 1 fully saturated rings. The molecule has 150 valence electrons. The van der Waals surface area contributed by atoms with Gasteiger partial charge in [-0.2, -0.15) is 0 Å². The number of halogens is 1. The second kappa shape index (κ2) is 8.75. The van der Waals surface area contributed by atoms with Gasteiger partial charge in [-0.1, -0.05) is 49.4 Å². The molecule has 0 saturated carbocycles. The zero-order chi connectivity index (χ0) is 20.2. The summed E-state index contributed by atoms with van der Waals surface area (Å²) >= 11 is 0. The normalized spacial score (nSPS) is 19.0. The monoisotopic (exact) mass is 390 g/mol. The highest BCUT2D eigenvalue weighted by Gasteiger charge is 2.20. The molecule has 2 N–H and O–H groups in total. The molecule has 2 aromatic carbocycles. The van der Waals surface area contributed by atoms with E-state index in [4.69, 9.17) is 10.5 Å². The Balaban J connectivity index is 1.48. The molecular formula is C25H27FN2O. The van der Waals surface area contributed by atoms with Crippen LogP contribution in [0.4, 0.5) is 4.39 Å². The summed E-state index contributed by atoms with van der Waals surface area (Å²) in [5.41, 5.74) is 11.8. The molecule has 0 bridgehead atoms. The minimum absolute atomic E-state index is 0.0320. The summed E-state index contributed by atoms with van der Waals surface area (Å²) in [6.07, 6.45) is 6.12. The second-order valence-electron chi connectivity index (χ2n) is 7.82. The van der Waals surface area contributed by atoms with Crippen molar-refractivity contribution in [3.05, 3.63) is 83.3 Å². The van der Waals surface area contributed by atoms with Gasteiger partial charge < -0.3 is 10.5 Å². The van der Waals surface area contributed by atoms with Gasteiger partial charge in [-0.25, -0.2) is 4.39 Å². The van der Waals surface area contributed by atoms with E-state index < -0.39 is 0 Å². The topological polar surface area (TPSA) is 47.6 Å². The molecule has 4 heteroatoms.